The predicted molar refractivity (Wildman–Crippen MR) is 76.8 cm³/mol. The van der Waals surface area contributed by atoms with Crippen molar-refractivity contribution in [3.63, 3.8) is 0 Å². The van der Waals surface area contributed by atoms with E-state index >= 15 is 0 Å². The van der Waals surface area contributed by atoms with Crippen LogP contribution >= 0.6 is 0 Å². The molecule has 1 fully saturated rings. The fourth-order valence-corrected chi connectivity index (χ4v) is 3.11. The van der Waals surface area contributed by atoms with Crippen molar-refractivity contribution in [2.45, 2.75) is 31.9 Å². The zero-order valence-corrected chi connectivity index (χ0v) is 11.6. The summed E-state index contributed by atoms with van der Waals surface area (Å²) in [6.45, 7) is 4.03. The first-order valence-corrected chi connectivity index (χ1v) is 7.07. The minimum atomic E-state index is -0.550. The molecule has 1 N–H and O–H groups in total. The van der Waals surface area contributed by atoms with Crippen LogP contribution < -0.4 is 0 Å². The molecule has 0 radical (unpaired) electrons. The lowest BCUT2D eigenvalue weighted by Gasteiger charge is -2.46. The molecule has 20 heavy (non-hydrogen) atoms. The van der Waals surface area contributed by atoms with E-state index in [-0.39, 0.29) is 5.82 Å². The Bertz CT molecular complexity index is 623. The first-order chi connectivity index (χ1) is 9.59. The number of aliphatic hydroxyl groups is 1. The molecule has 2 heterocycles. The molecule has 3 rings (SSSR count). The predicted octanol–water partition coefficient (Wildman–Crippen LogP) is 2.72. The Morgan fingerprint density at radius 1 is 1.40 bits per heavy atom. The summed E-state index contributed by atoms with van der Waals surface area (Å²) in [6.07, 6.45) is 3.54. The van der Waals surface area contributed by atoms with Gasteiger partial charge in [-0.25, -0.2) is 4.39 Å². The Hall–Kier alpha value is -1.52. The normalized spacial score (nSPS) is 18.1. The lowest BCUT2D eigenvalue weighted by atomic mass is 9.89. The molecule has 0 unspecified atom stereocenters. The van der Waals surface area contributed by atoms with Gasteiger partial charge in [0.05, 0.1) is 11.1 Å². The van der Waals surface area contributed by atoms with E-state index in [4.69, 9.17) is 0 Å². The average Bonchev–Trinajstić information content (AvgIpc) is 2.37. The second-order valence-corrected chi connectivity index (χ2v) is 5.76. The number of rotatable bonds is 4. The molecule has 1 aromatic carbocycles. The van der Waals surface area contributed by atoms with Gasteiger partial charge in [0.15, 0.2) is 0 Å². The Morgan fingerprint density at radius 3 is 2.95 bits per heavy atom. The highest BCUT2D eigenvalue weighted by Gasteiger charge is 2.39. The van der Waals surface area contributed by atoms with Crippen LogP contribution in [0.2, 0.25) is 0 Å². The highest BCUT2D eigenvalue weighted by molar-refractivity contribution is 5.81. The van der Waals surface area contributed by atoms with Gasteiger partial charge in [-0.1, -0.05) is 19.4 Å². The number of likely N-dealkylation sites (tertiary alicyclic amines) is 1. The molecule has 0 aliphatic carbocycles. The second-order valence-electron chi connectivity index (χ2n) is 5.76. The Labute approximate surface area is 118 Å². The van der Waals surface area contributed by atoms with Gasteiger partial charge in [0.25, 0.3) is 0 Å². The van der Waals surface area contributed by atoms with Gasteiger partial charge in [-0.3, -0.25) is 9.88 Å². The second kappa shape index (κ2) is 5.11. The zero-order chi connectivity index (χ0) is 14.2. The van der Waals surface area contributed by atoms with E-state index in [0.717, 1.165) is 29.3 Å². The van der Waals surface area contributed by atoms with Gasteiger partial charge in [0, 0.05) is 31.2 Å². The molecule has 0 amide bonds. The van der Waals surface area contributed by atoms with E-state index < -0.39 is 5.60 Å². The van der Waals surface area contributed by atoms with Gasteiger partial charge >= 0.3 is 0 Å². The van der Waals surface area contributed by atoms with Crippen LogP contribution in [0.4, 0.5) is 4.39 Å². The van der Waals surface area contributed by atoms with Crippen molar-refractivity contribution in [2.24, 2.45) is 0 Å². The Kier molecular flexibility index (Phi) is 3.44. The van der Waals surface area contributed by atoms with E-state index in [1.165, 1.54) is 6.07 Å². The number of benzene rings is 1. The number of hydrogen-bond acceptors (Lipinski definition) is 3. The molecule has 0 saturated carbocycles. The summed E-state index contributed by atoms with van der Waals surface area (Å²) >= 11 is 0. The maximum absolute atomic E-state index is 13.6. The molecule has 1 aliphatic rings. The van der Waals surface area contributed by atoms with Crippen molar-refractivity contribution >= 4 is 10.9 Å². The largest absolute Gasteiger partial charge is 0.387 e. The molecule has 0 spiro atoms. The van der Waals surface area contributed by atoms with Crippen LogP contribution in [0.15, 0.2) is 30.5 Å². The van der Waals surface area contributed by atoms with Crippen LogP contribution in [0.5, 0.6) is 0 Å². The van der Waals surface area contributed by atoms with E-state index in [0.29, 0.717) is 19.6 Å². The molecule has 0 bridgehead atoms. The molecule has 3 nitrogen and oxygen atoms in total. The third-order valence-corrected chi connectivity index (χ3v) is 3.89. The van der Waals surface area contributed by atoms with Gasteiger partial charge in [0.2, 0.25) is 0 Å². The fraction of sp³-hybridized carbons (Fsp3) is 0.438. The van der Waals surface area contributed by atoms with Crippen LogP contribution in [0.25, 0.3) is 10.9 Å². The van der Waals surface area contributed by atoms with Crippen LogP contribution in [0, 0.1) is 5.82 Å². The molecule has 1 aliphatic heterocycles. The number of β-amino-alcohol motifs (C(OH)–C–C–N with tert-alkyl or cyclic N) is 1. The van der Waals surface area contributed by atoms with Gasteiger partial charge in [-0.05, 0) is 30.2 Å². The smallest absolute Gasteiger partial charge is 0.124 e. The van der Waals surface area contributed by atoms with Crippen molar-refractivity contribution in [2.75, 3.05) is 13.1 Å². The van der Waals surface area contributed by atoms with Crippen molar-refractivity contribution in [1.29, 1.82) is 0 Å². The number of fused-ring (bicyclic) bond motifs is 1. The highest BCUT2D eigenvalue weighted by Crippen LogP contribution is 2.29. The molecular formula is C16H19FN2O. The summed E-state index contributed by atoms with van der Waals surface area (Å²) in [6, 6.07) is 6.75. The Balaban J connectivity index is 1.79. The van der Waals surface area contributed by atoms with Crippen molar-refractivity contribution in [1.82, 2.24) is 9.88 Å². The summed E-state index contributed by atoms with van der Waals surface area (Å²) in [7, 11) is 0. The van der Waals surface area contributed by atoms with Crippen LogP contribution in [0.3, 0.4) is 0 Å². The van der Waals surface area contributed by atoms with Gasteiger partial charge in [0.1, 0.15) is 5.82 Å². The van der Waals surface area contributed by atoms with E-state index in [1.807, 2.05) is 12.1 Å². The average molecular weight is 274 g/mol. The number of pyridine rings is 1. The summed E-state index contributed by atoms with van der Waals surface area (Å²) in [5, 5.41) is 11.0. The van der Waals surface area contributed by atoms with E-state index in [9.17, 15) is 9.50 Å². The Morgan fingerprint density at radius 2 is 2.20 bits per heavy atom. The number of nitrogens with zero attached hydrogens (tertiary/aromatic N) is 2. The van der Waals surface area contributed by atoms with Crippen LogP contribution in [0.1, 0.15) is 25.3 Å². The van der Waals surface area contributed by atoms with Crippen molar-refractivity contribution < 1.29 is 9.50 Å². The third kappa shape index (κ3) is 2.53. The number of halogens is 1. The number of aromatic nitrogens is 1. The summed E-state index contributed by atoms with van der Waals surface area (Å²) in [4.78, 5) is 6.49. The van der Waals surface area contributed by atoms with Crippen molar-refractivity contribution in [3.8, 4) is 0 Å². The molecule has 4 heteroatoms. The minimum Gasteiger partial charge on any atom is -0.387 e. The monoisotopic (exact) mass is 274 g/mol. The molecule has 2 aromatic rings. The van der Waals surface area contributed by atoms with Gasteiger partial charge in [-0.15, -0.1) is 0 Å². The van der Waals surface area contributed by atoms with Gasteiger partial charge < -0.3 is 5.11 Å². The van der Waals surface area contributed by atoms with Crippen LogP contribution in [-0.2, 0) is 6.54 Å². The van der Waals surface area contributed by atoms with E-state index in [2.05, 4.69) is 16.8 Å². The number of hydrogen-bond donors (Lipinski definition) is 1. The maximum atomic E-state index is 13.6. The molecule has 1 aromatic heterocycles. The summed E-state index contributed by atoms with van der Waals surface area (Å²) in [5.74, 6) is -0.232. The molecule has 0 atom stereocenters. The topological polar surface area (TPSA) is 36.4 Å². The SMILES string of the molecule is CCCC1(O)CN(Cc2cc(F)cc3cccnc23)C1. The summed E-state index contributed by atoms with van der Waals surface area (Å²) < 4.78 is 13.6. The minimum absolute atomic E-state index is 0.232. The molecule has 1 saturated heterocycles. The molecular weight excluding hydrogens is 255 g/mol. The summed E-state index contributed by atoms with van der Waals surface area (Å²) in [5.41, 5.74) is 1.18. The van der Waals surface area contributed by atoms with E-state index in [1.54, 1.807) is 12.3 Å². The van der Waals surface area contributed by atoms with Crippen LogP contribution in [-0.4, -0.2) is 33.7 Å². The first kappa shape index (κ1) is 13.5. The maximum Gasteiger partial charge on any atom is 0.124 e. The fourth-order valence-electron chi connectivity index (χ4n) is 3.11. The van der Waals surface area contributed by atoms with Gasteiger partial charge in [-0.2, -0.15) is 0 Å². The quantitative estimate of drug-likeness (QED) is 0.931. The van der Waals surface area contributed by atoms with Crippen molar-refractivity contribution in [3.05, 3.63) is 41.8 Å². The lowest BCUT2D eigenvalue weighted by molar-refractivity contribution is -0.106. The lowest BCUT2D eigenvalue weighted by Crippen LogP contribution is -2.60. The first-order valence-electron chi connectivity index (χ1n) is 7.07. The zero-order valence-electron chi connectivity index (χ0n) is 11.6. The third-order valence-electron chi connectivity index (χ3n) is 3.89. The molecule has 106 valence electrons. The standard InChI is InChI=1S/C16H19FN2O/c1-2-5-16(20)10-19(11-16)9-13-8-14(17)7-12-4-3-6-18-15(12)13/h3-4,6-8,20H,2,5,9-11H2,1H3. The highest BCUT2D eigenvalue weighted by atomic mass is 19.1.